The van der Waals surface area contributed by atoms with E-state index in [1.807, 2.05) is 12.1 Å². The zero-order valence-electron chi connectivity index (χ0n) is 15.3. The first kappa shape index (κ1) is 20.9. The van der Waals surface area contributed by atoms with Crippen LogP contribution in [0.3, 0.4) is 0 Å². The summed E-state index contributed by atoms with van der Waals surface area (Å²) in [6.07, 6.45) is 2.51. The van der Waals surface area contributed by atoms with Crippen molar-refractivity contribution in [1.29, 1.82) is 0 Å². The number of halogens is 3. The van der Waals surface area contributed by atoms with Gasteiger partial charge in [0.05, 0.1) is 16.7 Å². The van der Waals surface area contributed by atoms with Crippen molar-refractivity contribution >= 4 is 45.1 Å². The van der Waals surface area contributed by atoms with Gasteiger partial charge in [0.1, 0.15) is 5.69 Å². The number of benzene rings is 2. The van der Waals surface area contributed by atoms with E-state index in [0.717, 1.165) is 23.0 Å². The lowest BCUT2D eigenvalue weighted by atomic mass is 10.1. The molecule has 2 aromatic carbocycles. The highest BCUT2D eigenvalue weighted by molar-refractivity contribution is 9.10. The number of aryl methyl sites for hydroxylation is 2. The third kappa shape index (κ3) is 4.96. The number of nitrogens with zero attached hydrogens (tertiary/aromatic N) is 2. The largest absolute Gasteiger partial charge is 0.461 e. The van der Waals surface area contributed by atoms with Crippen LogP contribution >= 0.6 is 39.1 Å². The van der Waals surface area contributed by atoms with E-state index in [1.54, 1.807) is 35.9 Å². The maximum absolute atomic E-state index is 12.2. The van der Waals surface area contributed by atoms with E-state index in [0.29, 0.717) is 22.2 Å². The molecule has 4 nitrogen and oxygen atoms in total. The number of ether oxygens (including phenoxy) is 1. The highest BCUT2D eigenvalue weighted by Gasteiger charge is 2.19. The molecule has 1 heterocycles. The Labute approximate surface area is 182 Å². The molecule has 0 radical (unpaired) electrons. The first-order chi connectivity index (χ1) is 13.5. The van der Waals surface area contributed by atoms with E-state index in [2.05, 4.69) is 33.2 Å². The van der Waals surface area contributed by atoms with Gasteiger partial charge < -0.3 is 4.74 Å². The van der Waals surface area contributed by atoms with Crippen LogP contribution in [0.5, 0.6) is 0 Å². The molecule has 0 saturated heterocycles. The van der Waals surface area contributed by atoms with E-state index in [4.69, 9.17) is 27.9 Å². The predicted octanol–water partition coefficient (Wildman–Crippen LogP) is 6.29. The molecule has 146 valence electrons. The summed E-state index contributed by atoms with van der Waals surface area (Å²) < 4.78 is 7.80. The second-order valence-electron chi connectivity index (χ2n) is 6.20. The fraction of sp³-hybridized carbons (Fsp3) is 0.238. The van der Waals surface area contributed by atoms with Gasteiger partial charge in [0.15, 0.2) is 5.69 Å². The van der Waals surface area contributed by atoms with E-state index in [9.17, 15) is 4.79 Å². The maximum atomic E-state index is 12.2. The van der Waals surface area contributed by atoms with Crippen molar-refractivity contribution in [2.24, 2.45) is 0 Å². The Bertz CT molecular complexity index is 951. The predicted molar refractivity (Wildman–Crippen MR) is 116 cm³/mol. The maximum Gasteiger partial charge on any atom is 0.358 e. The van der Waals surface area contributed by atoms with Crippen molar-refractivity contribution in [3.8, 4) is 5.69 Å². The monoisotopic (exact) mass is 480 g/mol. The first-order valence-corrected chi connectivity index (χ1v) is 10.5. The van der Waals surface area contributed by atoms with Crippen LogP contribution in [0.25, 0.3) is 5.69 Å². The number of carbonyl (C=O) groups excluding carboxylic acids is 1. The Morgan fingerprint density at radius 1 is 1.11 bits per heavy atom. The normalized spacial score (nSPS) is 10.9. The SMILES string of the molecule is CCOC(=O)c1cc(CCCc2ccc(Br)cc2)n(-c2c(Cl)cccc2Cl)n1. The molecule has 0 fully saturated rings. The zero-order valence-corrected chi connectivity index (χ0v) is 18.4. The molecule has 3 aromatic rings. The van der Waals surface area contributed by atoms with Crippen molar-refractivity contribution < 1.29 is 9.53 Å². The molecular weight excluding hydrogens is 463 g/mol. The number of para-hydroxylation sites is 1. The van der Waals surface area contributed by atoms with E-state index in [1.165, 1.54) is 5.56 Å². The van der Waals surface area contributed by atoms with Crippen LogP contribution in [0.4, 0.5) is 0 Å². The lowest BCUT2D eigenvalue weighted by Gasteiger charge is -2.11. The highest BCUT2D eigenvalue weighted by atomic mass is 79.9. The second-order valence-corrected chi connectivity index (χ2v) is 7.93. The molecule has 0 unspecified atom stereocenters. The number of aromatic nitrogens is 2. The minimum absolute atomic E-state index is 0.247. The molecule has 7 heteroatoms. The van der Waals surface area contributed by atoms with Crippen molar-refractivity contribution in [2.45, 2.75) is 26.2 Å². The Balaban J connectivity index is 1.87. The molecule has 3 rings (SSSR count). The lowest BCUT2D eigenvalue weighted by molar-refractivity contribution is 0.0519. The average molecular weight is 482 g/mol. The Hall–Kier alpha value is -1.82. The van der Waals surface area contributed by atoms with Crippen LogP contribution in [-0.2, 0) is 17.6 Å². The van der Waals surface area contributed by atoms with Gasteiger partial charge in [-0.05, 0) is 62.1 Å². The molecule has 0 spiro atoms. The van der Waals surface area contributed by atoms with Gasteiger partial charge in [0, 0.05) is 10.2 Å². The number of esters is 1. The summed E-state index contributed by atoms with van der Waals surface area (Å²) in [5.74, 6) is -0.460. The Morgan fingerprint density at radius 2 is 1.79 bits per heavy atom. The topological polar surface area (TPSA) is 44.1 Å². The Morgan fingerprint density at radius 3 is 2.43 bits per heavy atom. The summed E-state index contributed by atoms with van der Waals surface area (Å²) in [4.78, 5) is 12.2. The molecule has 0 N–H and O–H groups in total. The zero-order chi connectivity index (χ0) is 20.1. The van der Waals surface area contributed by atoms with Gasteiger partial charge in [0.25, 0.3) is 0 Å². The molecule has 0 saturated carbocycles. The van der Waals surface area contributed by atoms with Crippen LogP contribution in [0.1, 0.15) is 35.1 Å². The second kappa shape index (κ2) is 9.59. The Kier molecular flexibility index (Phi) is 7.16. The van der Waals surface area contributed by atoms with Gasteiger partial charge in [-0.3, -0.25) is 0 Å². The number of rotatable bonds is 7. The molecular formula is C21H19BrCl2N2O2. The van der Waals surface area contributed by atoms with Crippen LogP contribution in [0.2, 0.25) is 10.0 Å². The number of carbonyl (C=O) groups is 1. The molecule has 0 aliphatic carbocycles. The first-order valence-electron chi connectivity index (χ1n) is 8.94. The van der Waals surface area contributed by atoms with Gasteiger partial charge in [-0.1, -0.05) is 57.3 Å². The van der Waals surface area contributed by atoms with Crippen LogP contribution < -0.4 is 0 Å². The molecule has 1 aromatic heterocycles. The fourth-order valence-corrected chi connectivity index (χ4v) is 3.73. The van der Waals surface area contributed by atoms with Crippen LogP contribution in [-0.4, -0.2) is 22.4 Å². The number of hydrogen-bond acceptors (Lipinski definition) is 3. The standard InChI is InChI=1S/C21H19BrCl2N2O2/c1-2-28-21(27)19-13-16(6-3-5-14-9-11-15(22)12-10-14)26(25-19)20-17(23)7-4-8-18(20)24/h4,7-13H,2-3,5-6H2,1H3. The smallest absolute Gasteiger partial charge is 0.358 e. The van der Waals surface area contributed by atoms with Crippen molar-refractivity contribution in [3.05, 3.63) is 80.0 Å². The lowest BCUT2D eigenvalue weighted by Crippen LogP contribution is -2.08. The highest BCUT2D eigenvalue weighted by Crippen LogP contribution is 2.30. The van der Waals surface area contributed by atoms with Crippen molar-refractivity contribution in [3.63, 3.8) is 0 Å². The van der Waals surface area contributed by atoms with E-state index >= 15 is 0 Å². The minimum Gasteiger partial charge on any atom is -0.461 e. The van der Waals surface area contributed by atoms with Gasteiger partial charge in [-0.15, -0.1) is 0 Å². The third-order valence-electron chi connectivity index (χ3n) is 4.23. The molecule has 0 aliphatic rings. The average Bonchev–Trinajstić information content (AvgIpc) is 3.07. The summed E-state index contributed by atoms with van der Waals surface area (Å²) in [6, 6.07) is 15.3. The van der Waals surface area contributed by atoms with Gasteiger partial charge in [0.2, 0.25) is 0 Å². The minimum atomic E-state index is -0.460. The molecule has 0 atom stereocenters. The van der Waals surface area contributed by atoms with Crippen LogP contribution in [0, 0.1) is 0 Å². The summed E-state index contributed by atoms with van der Waals surface area (Å²) in [5, 5.41) is 5.37. The third-order valence-corrected chi connectivity index (χ3v) is 5.37. The van der Waals surface area contributed by atoms with Gasteiger partial charge >= 0.3 is 5.97 Å². The van der Waals surface area contributed by atoms with Crippen molar-refractivity contribution in [2.75, 3.05) is 6.61 Å². The number of hydrogen-bond donors (Lipinski definition) is 0. The molecule has 0 aliphatic heterocycles. The molecule has 0 bridgehead atoms. The fourth-order valence-electron chi connectivity index (χ4n) is 2.91. The van der Waals surface area contributed by atoms with Crippen LogP contribution in [0.15, 0.2) is 53.0 Å². The quantitative estimate of drug-likeness (QED) is 0.372. The summed E-state index contributed by atoms with van der Waals surface area (Å²) >= 11 is 16.2. The summed E-state index contributed by atoms with van der Waals surface area (Å²) in [6.45, 7) is 2.05. The summed E-state index contributed by atoms with van der Waals surface area (Å²) in [5.41, 5.74) is 2.92. The van der Waals surface area contributed by atoms with Gasteiger partial charge in [-0.2, -0.15) is 5.10 Å². The van der Waals surface area contributed by atoms with E-state index in [-0.39, 0.29) is 12.3 Å². The molecule has 0 amide bonds. The van der Waals surface area contributed by atoms with Crippen molar-refractivity contribution in [1.82, 2.24) is 9.78 Å². The molecule has 28 heavy (non-hydrogen) atoms. The van der Waals surface area contributed by atoms with Gasteiger partial charge in [-0.25, -0.2) is 9.48 Å². The van der Waals surface area contributed by atoms with E-state index < -0.39 is 5.97 Å². The summed E-state index contributed by atoms with van der Waals surface area (Å²) in [7, 11) is 0.